The zero-order valence-corrected chi connectivity index (χ0v) is 12.8. The molecule has 3 aromatic rings. The van der Waals surface area contributed by atoms with Crippen molar-refractivity contribution in [2.45, 2.75) is 6.04 Å². The number of benzene rings is 2. The smallest absolute Gasteiger partial charge is 0.272 e. The third kappa shape index (κ3) is 3.33. The molecule has 0 radical (unpaired) electrons. The van der Waals surface area contributed by atoms with E-state index in [4.69, 9.17) is 5.73 Å². The van der Waals surface area contributed by atoms with Gasteiger partial charge in [0, 0.05) is 6.20 Å². The molecular formula is C18H16N4O2. The minimum atomic E-state index is -0.902. The first kappa shape index (κ1) is 15.5. The van der Waals surface area contributed by atoms with E-state index in [9.17, 15) is 9.59 Å². The summed E-state index contributed by atoms with van der Waals surface area (Å²) in [5, 5.41) is 6.86. The third-order valence-corrected chi connectivity index (χ3v) is 3.54. The van der Waals surface area contributed by atoms with Gasteiger partial charge in [-0.1, -0.05) is 48.5 Å². The Morgan fingerprint density at radius 2 is 1.58 bits per heavy atom. The van der Waals surface area contributed by atoms with Crippen LogP contribution in [0.1, 0.15) is 22.1 Å². The molecule has 0 fully saturated rings. The van der Waals surface area contributed by atoms with Crippen molar-refractivity contribution in [3.63, 3.8) is 0 Å². The lowest BCUT2D eigenvalue weighted by molar-refractivity contribution is -0.120. The molecule has 120 valence electrons. The molecule has 0 aliphatic rings. The predicted molar refractivity (Wildman–Crippen MR) is 89.4 cm³/mol. The van der Waals surface area contributed by atoms with Crippen LogP contribution < -0.4 is 11.1 Å². The van der Waals surface area contributed by atoms with Crippen LogP contribution in [0, 0.1) is 0 Å². The molecule has 6 nitrogen and oxygen atoms in total. The van der Waals surface area contributed by atoms with E-state index in [1.807, 2.05) is 36.4 Å². The van der Waals surface area contributed by atoms with Crippen molar-refractivity contribution in [1.29, 1.82) is 0 Å². The van der Waals surface area contributed by atoms with Gasteiger partial charge < -0.3 is 11.1 Å². The van der Waals surface area contributed by atoms with Crippen molar-refractivity contribution in [3.05, 3.63) is 84.2 Å². The highest BCUT2D eigenvalue weighted by atomic mass is 16.2. The fraction of sp³-hybridized carbons (Fsp3) is 0.0556. The monoisotopic (exact) mass is 320 g/mol. The highest BCUT2D eigenvalue weighted by molar-refractivity contribution is 5.96. The highest BCUT2D eigenvalue weighted by Gasteiger charge is 2.22. The standard InChI is InChI=1S/C18H16N4O2/c19-17(23)16(13-7-3-1-4-8-13)20-18(24)15-11-12-22(21-15)14-9-5-2-6-10-14/h1-12,16H,(H2,19,23)(H,20,24)/t16-/m1/s1. The third-order valence-electron chi connectivity index (χ3n) is 3.54. The lowest BCUT2D eigenvalue weighted by Crippen LogP contribution is -2.37. The van der Waals surface area contributed by atoms with E-state index < -0.39 is 17.9 Å². The maximum Gasteiger partial charge on any atom is 0.272 e. The maximum atomic E-state index is 12.4. The molecule has 0 aliphatic carbocycles. The number of nitrogens with zero attached hydrogens (tertiary/aromatic N) is 2. The fourth-order valence-corrected chi connectivity index (χ4v) is 2.34. The largest absolute Gasteiger partial charge is 0.368 e. The summed E-state index contributed by atoms with van der Waals surface area (Å²) in [4.78, 5) is 24.1. The van der Waals surface area contributed by atoms with E-state index in [1.54, 1.807) is 41.2 Å². The van der Waals surface area contributed by atoms with Crippen LogP contribution in [0.15, 0.2) is 72.9 Å². The first-order chi connectivity index (χ1) is 11.6. The Labute approximate surface area is 138 Å². The average molecular weight is 320 g/mol. The lowest BCUT2D eigenvalue weighted by atomic mass is 10.1. The molecule has 0 aliphatic heterocycles. The molecule has 3 rings (SSSR count). The molecule has 1 atom stereocenters. The molecule has 0 saturated carbocycles. The van der Waals surface area contributed by atoms with Gasteiger partial charge in [0.15, 0.2) is 5.69 Å². The molecule has 0 saturated heterocycles. The van der Waals surface area contributed by atoms with E-state index in [1.165, 1.54) is 0 Å². The van der Waals surface area contributed by atoms with E-state index in [0.717, 1.165) is 5.69 Å². The molecule has 1 heterocycles. The number of nitrogens with one attached hydrogen (secondary N) is 1. The van der Waals surface area contributed by atoms with Crippen LogP contribution in [-0.2, 0) is 4.79 Å². The van der Waals surface area contributed by atoms with Gasteiger partial charge in [0.05, 0.1) is 5.69 Å². The van der Waals surface area contributed by atoms with Crippen LogP contribution in [0.5, 0.6) is 0 Å². The Morgan fingerprint density at radius 1 is 0.958 bits per heavy atom. The normalized spacial score (nSPS) is 11.7. The SMILES string of the molecule is NC(=O)[C@H](NC(=O)c1ccn(-c2ccccc2)n1)c1ccccc1. The summed E-state index contributed by atoms with van der Waals surface area (Å²) in [6.45, 7) is 0. The van der Waals surface area contributed by atoms with Crippen molar-refractivity contribution < 1.29 is 9.59 Å². The number of para-hydroxylation sites is 1. The van der Waals surface area contributed by atoms with E-state index >= 15 is 0 Å². The number of primary amides is 1. The minimum absolute atomic E-state index is 0.209. The van der Waals surface area contributed by atoms with Gasteiger partial charge in [-0.3, -0.25) is 9.59 Å². The zero-order valence-electron chi connectivity index (χ0n) is 12.8. The molecule has 2 aromatic carbocycles. The van der Waals surface area contributed by atoms with Gasteiger partial charge in [-0.05, 0) is 23.8 Å². The number of amides is 2. The second kappa shape index (κ2) is 6.78. The number of aromatic nitrogens is 2. The molecule has 0 spiro atoms. The zero-order chi connectivity index (χ0) is 16.9. The first-order valence-corrected chi connectivity index (χ1v) is 7.41. The quantitative estimate of drug-likeness (QED) is 0.751. The molecule has 0 unspecified atom stereocenters. The second-order valence-corrected chi connectivity index (χ2v) is 5.20. The molecule has 6 heteroatoms. The molecule has 3 N–H and O–H groups in total. The summed E-state index contributed by atoms with van der Waals surface area (Å²) < 4.78 is 1.59. The number of carbonyl (C=O) groups excluding carboxylic acids is 2. The van der Waals surface area contributed by atoms with E-state index in [2.05, 4.69) is 10.4 Å². The van der Waals surface area contributed by atoms with Crippen molar-refractivity contribution in [2.24, 2.45) is 5.73 Å². The summed E-state index contributed by atoms with van der Waals surface area (Å²) in [6, 6.07) is 19.0. The highest BCUT2D eigenvalue weighted by Crippen LogP contribution is 2.13. The first-order valence-electron chi connectivity index (χ1n) is 7.41. The van der Waals surface area contributed by atoms with E-state index in [0.29, 0.717) is 5.56 Å². The summed E-state index contributed by atoms with van der Waals surface area (Å²) in [7, 11) is 0. The van der Waals surface area contributed by atoms with Crippen molar-refractivity contribution >= 4 is 11.8 Å². The van der Waals surface area contributed by atoms with Crippen molar-refractivity contribution in [1.82, 2.24) is 15.1 Å². The van der Waals surface area contributed by atoms with Gasteiger partial charge in [-0.2, -0.15) is 5.10 Å². The Kier molecular flexibility index (Phi) is 4.38. The molecule has 1 aromatic heterocycles. The van der Waals surface area contributed by atoms with Gasteiger partial charge in [0.1, 0.15) is 6.04 Å². The molecule has 2 amide bonds. The van der Waals surface area contributed by atoms with Crippen molar-refractivity contribution in [3.8, 4) is 5.69 Å². The van der Waals surface area contributed by atoms with Gasteiger partial charge in [-0.25, -0.2) is 4.68 Å². The van der Waals surface area contributed by atoms with Crippen LogP contribution in [0.3, 0.4) is 0 Å². The number of rotatable bonds is 5. The molecule has 24 heavy (non-hydrogen) atoms. The van der Waals surface area contributed by atoms with Crippen LogP contribution in [-0.4, -0.2) is 21.6 Å². The van der Waals surface area contributed by atoms with Crippen molar-refractivity contribution in [2.75, 3.05) is 0 Å². The number of nitrogens with two attached hydrogens (primary N) is 1. The molecule has 0 bridgehead atoms. The molecular weight excluding hydrogens is 304 g/mol. The topological polar surface area (TPSA) is 90.0 Å². The Morgan fingerprint density at radius 3 is 2.21 bits per heavy atom. The summed E-state index contributed by atoms with van der Waals surface area (Å²) >= 11 is 0. The van der Waals surface area contributed by atoms with Crippen LogP contribution >= 0.6 is 0 Å². The number of carbonyl (C=O) groups is 2. The predicted octanol–water partition coefficient (Wildman–Crippen LogP) is 1.83. The Bertz CT molecular complexity index is 844. The minimum Gasteiger partial charge on any atom is -0.368 e. The summed E-state index contributed by atoms with van der Waals surface area (Å²) in [5.74, 6) is -1.09. The number of hydrogen-bond donors (Lipinski definition) is 2. The second-order valence-electron chi connectivity index (χ2n) is 5.20. The lowest BCUT2D eigenvalue weighted by Gasteiger charge is -2.14. The van der Waals surface area contributed by atoms with Crippen LogP contribution in [0.2, 0.25) is 0 Å². The fourth-order valence-electron chi connectivity index (χ4n) is 2.34. The van der Waals surface area contributed by atoms with Gasteiger partial charge in [0.25, 0.3) is 5.91 Å². The van der Waals surface area contributed by atoms with Crippen LogP contribution in [0.25, 0.3) is 5.69 Å². The Hall–Kier alpha value is -3.41. The summed E-state index contributed by atoms with van der Waals surface area (Å²) in [5.41, 5.74) is 7.09. The van der Waals surface area contributed by atoms with E-state index in [-0.39, 0.29) is 5.69 Å². The Balaban J connectivity index is 1.79. The van der Waals surface area contributed by atoms with Crippen LogP contribution in [0.4, 0.5) is 0 Å². The maximum absolute atomic E-state index is 12.4. The summed E-state index contributed by atoms with van der Waals surface area (Å²) in [6.07, 6.45) is 1.69. The van der Waals surface area contributed by atoms with Gasteiger partial charge in [0.2, 0.25) is 5.91 Å². The average Bonchev–Trinajstić information content (AvgIpc) is 3.11. The van der Waals surface area contributed by atoms with Gasteiger partial charge in [-0.15, -0.1) is 0 Å². The number of hydrogen-bond acceptors (Lipinski definition) is 3. The van der Waals surface area contributed by atoms with Gasteiger partial charge >= 0.3 is 0 Å².